The van der Waals surface area contributed by atoms with Gasteiger partial charge in [-0.3, -0.25) is 0 Å². The standard InChI is InChI=1S/C23H22O4/c1-15(2)19-13-20-18(12-23(25)27-21(20)11-16(19)3)14-26-22(24)10-9-17-7-5-4-6-8-17/h4-13,15H,14H2,1-3H3/b10-9+. The predicted molar refractivity (Wildman–Crippen MR) is 107 cm³/mol. The number of rotatable bonds is 5. The van der Waals surface area contributed by atoms with Crippen LogP contribution < -0.4 is 5.63 Å². The van der Waals surface area contributed by atoms with E-state index in [1.54, 1.807) is 6.08 Å². The summed E-state index contributed by atoms with van der Waals surface area (Å²) in [5.41, 5.74) is 3.86. The Kier molecular flexibility index (Phi) is 5.55. The lowest BCUT2D eigenvalue weighted by Crippen LogP contribution is -2.06. The van der Waals surface area contributed by atoms with Gasteiger partial charge in [0.15, 0.2) is 0 Å². The van der Waals surface area contributed by atoms with Crippen molar-refractivity contribution in [3.63, 3.8) is 0 Å². The van der Waals surface area contributed by atoms with Crippen molar-refractivity contribution < 1.29 is 13.9 Å². The lowest BCUT2D eigenvalue weighted by Gasteiger charge is -2.13. The van der Waals surface area contributed by atoms with Crippen LogP contribution in [0, 0.1) is 6.92 Å². The number of aryl methyl sites for hydroxylation is 1. The highest BCUT2D eigenvalue weighted by Gasteiger charge is 2.12. The van der Waals surface area contributed by atoms with Crippen molar-refractivity contribution in [2.75, 3.05) is 0 Å². The van der Waals surface area contributed by atoms with Gasteiger partial charge in [-0.2, -0.15) is 0 Å². The van der Waals surface area contributed by atoms with Gasteiger partial charge in [0.05, 0.1) is 0 Å². The summed E-state index contributed by atoms with van der Waals surface area (Å²) >= 11 is 0. The summed E-state index contributed by atoms with van der Waals surface area (Å²) < 4.78 is 10.7. The Morgan fingerprint density at radius 3 is 2.59 bits per heavy atom. The molecule has 0 radical (unpaired) electrons. The summed E-state index contributed by atoms with van der Waals surface area (Å²) in [6, 6.07) is 14.8. The van der Waals surface area contributed by atoms with E-state index in [4.69, 9.17) is 9.15 Å². The minimum absolute atomic E-state index is 0.0145. The molecule has 138 valence electrons. The molecule has 27 heavy (non-hydrogen) atoms. The van der Waals surface area contributed by atoms with Gasteiger partial charge < -0.3 is 9.15 Å². The maximum atomic E-state index is 12.0. The molecular weight excluding hydrogens is 340 g/mol. The summed E-state index contributed by atoms with van der Waals surface area (Å²) in [5.74, 6) is -0.123. The zero-order chi connectivity index (χ0) is 19.4. The van der Waals surface area contributed by atoms with E-state index in [2.05, 4.69) is 13.8 Å². The summed E-state index contributed by atoms with van der Waals surface area (Å²) in [6.45, 7) is 6.24. The molecule has 2 aromatic carbocycles. The van der Waals surface area contributed by atoms with E-state index >= 15 is 0 Å². The normalized spacial score (nSPS) is 11.4. The zero-order valence-corrected chi connectivity index (χ0v) is 15.7. The lowest BCUT2D eigenvalue weighted by molar-refractivity contribution is -0.138. The number of esters is 1. The van der Waals surface area contributed by atoms with Gasteiger partial charge in [0.25, 0.3) is 0 Å². The summed E-state index contributed by atoms with van der Waals surface area (Å²) in [5, 5.41) is 0.795. The fourth-order valence-electron chi connectivity index (χ4n) is 3.06. The Hall–Kier alpha value is -3.14. The molecule has 3 rings (SSSR count). The first-order valence-electron chi connectivity index (χ1n) is 8.91. The molecule has 0 spiro atoms. The van der Waals surface area contributed by atoms with Crippen LogP contribution in [0.25, 0.3) is 17.0 Å². The van der Waals surface area contributed by atoms with Crippen LogP contribution in [0.3, 0.4) is 0 Å². The van der Waals surface area contributed by atoms with Crippen LogP contribution in [-0.4, -0.2) is 5.97 Å². The molecule has 4 nitrogen and oxygen atoms in total. The topological polar surface area (TPSA) is 56.5 Å². The third kappa shape index (κ3) is 4.53. The molecule has 1 heterocycles. The summed E-state index contributed by atoms with van der Waals surface area (Å²) in [7, 11) is 0. The van der Waals surface area contributed by atoms with E-state index in [0.29, 0.717) is 17.1 Å². The lowest BCUT2D eigenvalue weighted by atomic mass is 9.95. The molecule has 0 aliphatic heterocycles. The molecule has 0 aliphatic carbocycles. The van der Waals surface area contributed by atoms with Gasteiger partial charge in [-0.05, 0) is 47.7 Å². The minimum atomic E-state index is -0.462. The van der Waals surface area contributed by atoms with Crippen molar-refractivity contribution in [3.8, 4) is 0 Å². The number of hydrogen-bond donors (Lipinski definition) is 0. The largest absolute Gasteiger partial charge is 0.458 e. The molecule has 0 saturated heterocycles. The van der Waals surface area contributed by atoms with Crippen LogP contribution in [-0.2, 0) is 16.1 Å². The summed E-state index contributed by atoms with van der Waals surface area (Å²) in [4.78, 5) is 23.9. The van der Waals surface area contributed by atoms with Crippen LogP contribution in [0.1, 0.15) is 42.0 Å². The van der Waals surface area contributed by atoms with Crippen LogP contribution in [0.2, 0.25) is 0 Å². The van der Waals surface area contributed by atoms with Gasteiger partial charge in [0.2, 0.25) is 0 Å². The number of hydrogen-bond acceptors (Lipinski definition) is 4. The van der Waals surface area contributed by atoms with Crippen LogP contribution in [0.4, 0.5) is 0 Å². The molecule has 0 unspecified atom stereocenters. The third-order valence-electron chi connectivity index (χ3n) is 4.42. The van der Waals surface area contributed by atoms with Gasteiger partial charge in [-0.25, -0.2) is 9.59 Å². The molecule has 0 bridgehead atoms. The highest BCUT2D eigenvalue weighted by atomic mass is 16.5. The second kappa shape index (κ2) is 8.04. The summed E-state index contributed by atoms with van der Waals surface area (Å²) in [6.07, 6.45) is 3.08. The minimum Gasteiger partial charge on any atom is -0.458 e. The Morgan fingerprint density at radius 1 is 1.15 bits per heavy atom. The van der Waals surface area contributed by atoms with Crippen molar-refractivity contribution in [2.45, 2.75) is 33.3 Å². The molecule has 0 saturated carbocycles. The van der Waals surface area contributed by atoms with Gasteiger partial charge in [-0.15, -0.1) is 0 Å². The van der Waals surface area contributed by atoms with E-state index in [1.165, 1.54) is 17.7 Å². The van der Waals surface area contributed by atoms with Crippen molar-refractivity contribution in [3.05, 3.63) is 87.3 Å². The maximum absolute atomic E-state index is 12.0. The molecule has 4 heteroatoms. The van der Waals surface area contributed by atoms with Crippen LogP contribution >= 0.6 is 0 Å². The van der Waals surface area contributed by atoms with Gasteiger partial charge in [-0.1, -0.05) is 44.2 Å². The number of benzene rings is 2. The first kappa shape index (κ1) is 18.6. The van der Waals surface area contributed by atoms with Gasteiger partial charge >= 0.3 is 11.6 Å². The zero-order valence-electron chi connectivity index (χ0n) is 15.7. The second-order valence-corrected chi connectivity index (χ2v) is 6.80. The Labute approximate surface area is 158 Å². The average Bonchev–Trinajstić information content (AvgIpc) is 2.64. The molecular formula is C23H22O4. The molecule has 0 N–H and O–H groups in total. The number of carbonyl (C=O) groups excluding carboxylic acids is 1. The smallest absolute Gasteiger partial charge is 0.336 e. The first-order chi connectivity index (χ1) is 12.9. The van der Waals surface area contributed by atoms with Gasteiger partial charge in [0, 0.05) is 23.1 Å². The Morgan fingerprint density at radius 2 is 1.89 bits per heavy atom. The van der Waals surface area contributed by atoms with Crippen molar-refractivity contribution in [1.29, 1.82) is 0 Å². The van der Waals surface area contributed by atoms with E-state index in [9.17, 15) is 9.59 Å². The molecule has 3 aromatic rings. The quantitative estimate of drug-likeness (QED) is 0.365. The van der Waals surface area contributed by atoms with Crippen molar-refractivity contribution in [1.82, 2.24) is 0 Å². The number of carbonyl (C=O) groups is 1. The Bertz CT molecular complexity index is 1040. The average molecular weight is 362 g/mol. The fourth-order valence-corrected chi connectivity index (χ4v) is 3.06. The second-order valence-electron chi connectivity index (χ2n) is 6.80. The molecule has 1 aromatic heterocycles. The molecule has 0 aliphatic rings. The fraction of sp³-hybridized carbons (Fsp3) is 0.217. The molecule has 0 fully saturated rings. The highest BCUT2D eigenvalue weighted by molar-refractivity contribution is 5.87. The van der Waals surface area contributed by atoms with Crippen molar-refractivity contribution in [2.24, 2.45) is 0 Å². The highest BCUT2D eigenvalue weighted by Crippen LogP contribution is 2.27. The first-order valence-corrected chi connectivity index (χ1v) is 8.91. The number of ether oxygens (including phenoxy) is 1. The molecule has 0 amide bonds. The maximum Gasteiger partial charge on any atom is 0.336 e. The van der Waals surface area contributed by atoms with E-state index in [-0.39, 0.29) is 6.61 Å². The Balaban J connectivity index is 1.83. The van der Waals surface area contributed by atoms with Crippen LogP contribution in [0.5, 0.6) is 0 Å². The third-order valence-corrected chi connectivity index (χ3v) is 4.42. The number of fused-ring (bicyclic) bond motifs is 1. The van der Waals surface area contributed by atoms with E-state index < -0.39 is 11.6 Å². The monoisotopic (exact) mass is 362 g/mol. The SMILES string of the molecule is Cc1cc2oc(=O)cc(COC(=O)/C=C/c3ccccc3)c2cc1C(C)C. The van der Waals surface area contributed by atoms with Crippen molar-refractivity contribution >= 4 is 23.0 Å². The molecule has 0 atom stereocenters. The van der Waals surface area contributed by atoms with E-state index in [1.807, 2.05) is 49.4 Å². The van der Waals surface area contributed by atoms with E-state index in [0.717, 1.165) is 16.5 Å². The predicted octanol–water partition coefficient (Wildman–Crippen LogP) is 4.98. The van der Waals surface area contributed by atoms with Gasteiger partial charge in [0.1, 0.15) is 12.2 Å². The van der Waals surface area contributed by atoms with Crippen LogP contribution in [0.15, 0.2) is 63.8 Å².